The molecule has 4 heterocycles. The van der Waals surface area contributed by atoms with Crippen molar-refractivity contribution in [3.8, 4) is 0 Å². The lowest BCUT2D eigenvalue weighted by molar-refractivity contribution is 0.388. The molecule has 0 bridgehead atoms. The lowest BCUT2D eigenvalue weighted by Crippen LogP contribution is -2.07. The van der Waals surface area contributed by atoms with Crippen molar-refractivity contribution < 1.29 is 17.7 Å². The molecule has 0 radical (unpaired) electrons. The number of rotatable bonds is 6. The van der Waals surface area contributed by atoms with Gasteiger partial charge in [-0.1, -0.05) is 16.8 Å². The predicted octanol–water partition coefficient (Wildman–Crippen LogP) is 3.16. The fourth-order valence-corrected chi connectivity index (χ4v) is 5.77. The summed E-state index contributed by atoms with van der Waals surface area (Å²) in [6.45, 7) is 4.33. The quantitative estimate of drug-likeness (QED) is 0.601. The molecular weight excluding hydrogens is 412 g/mol. The highest BCUT2D eigenvalue weighted by atomic mass is 35.5. The van der Waals surface area contributed by atoms with Gasteiger partial charge in [-0.3, -0.25) is 4.68 Å². The van der Waals surface area contributed by atoms with Gasteiger partial charge in [-0.05, 0) is 13.8 Å². The van der Waals surface area contributed by atoms with Gasteiger partial charge in [0.1, 0.15) is 17.7 Å². The predicted molar refractivity (Wildman–Crippen MR) is 101 cm³/mol. The van der Waals surface area contributed by atoms with Crippen LogP contribution in [0.25, 0.3) is 0 Å². The molecule has 27 heavy (non-hydrogen) atoms. The summed E-state index contributed by atoms with van der Waals surface area (Å²) in [5, 5.41) is 13.4. The summed E-state index contributed by atoms with van der Waals surface area (Å²) in [7, 11) is -3.35. The minimum Gasteiger partial charge on any atom is -0.361 e. The van der Waals surface area contributed by atoms with Crippen LogP contribution >= 0.6 is 22.9 Å². The molecule has 1 N–H and O–H groups in total. The van der Waals surface area contributed by atoms with Gasteiger partial charge in [0.25, 0.3) is 0 Å². The summed E-state index contributed by atoms with van der Waals surface area (Å²) in [6, 6.07) is 1.84. The molecule has 2 unspecified atom stereocenters. The molecular formula is C16H17ClN4O4S2. The first-order valence-corrected chi connectivity index (χ1v) is 11.2. The van der Waals surface area contributed by atoms with Crippen molar-refractivity contribution in [3.05, 3.63) is 44.6 Å². The Balaban J connectivity index is 1.42. The van der Waals surface area contributed by atoms with Crippen LogP contribution in [-0.2, 0) is 21.1 Å². The third-order valence-electron chi connectivity index (χ3n) is 4.31. The summed E-state index contributed by atoms with van der Waals surface area (Å²) < 4.78 is 36.0. The highest BCUT2D eigenvalue weighted by molar-refractivity contribution is 7.91. The zero-order chi connectivity index (χ0) is 19.3. The van der Waals surface area contributed by atoms with E-state index in [0.717, 1.165) is 23.3 Å². The van der Waals surface area contributed by atoms with Gasteiger partial charge in [0.15, 0.2) is 16.1 Å². The van der Waals surface area contributed by atoms with Crippen LogP contribution in [0.1, 0.15) is 28.0 Å². The van der Waals surface area contributed by atoms with Crippen molar-refractivity contribution in [1.82, 2.24) is 14.9 Å². The fourth-order valence-electron chi connectivity index (χ4n) is 2.77. The van der Waals surface area contributed by atoms with Crippen LogP contribution in [0.2, 0.25) is 5.02 Å². The standard InChI is InChI=1S/C16H17ClN4O4S2/c1-8-10(9(2)25-20-8)6-21-5-4-12(19-21)18-16-14(24-16)15-13(17)11(7-26-15)27(3,22)23/h4-5,7,14,16H,6H2,1-3H3,(H,18,19). The van der Waals surface area contributed by atoms with E-state index in [0.29, 0.717) is 17.2 Å². The second-order valence-corrected chi connectivity index (χ2v) is 9.65. The number of halogens is 1. The summed E-state index contributed by atoms with van der Waals surface area (Å²) in [6.07, 6.45) is 2.41. The topological polar surface area (TPSA) is 103 Å². The van der Waals surface area contributed by atoms with Gasteiger partial charge < -0.3 is 14.6 Å². The van der Waals surface area contributed by atoms with Crippen molar-refractivity contribution in [1.29, 1.82) is 0 Å². The number of sulfone groups is 1. The molecule has 4 rings (SSSR count). The van der Waals surface area contributed by atoms with Crippen molar-refractivity contribution in [2.75, 3.05) is 11.6 Å². The molecule has 11 heteroatoms. The van der Waals surface area contributed by atoms with E-state index in [1.54, 1.807) is 10.1 Å². The Labute approximate surface area is 165 Å². The highest BCUT2D eigenvalue weighted by Gasteiger charge is 2.44. The number of hydrogen-bond donors (Lipinski definition) is 1. The van der Waals surface area contributed by atoms with Crippen molar-refractivity contribution in [3.63, 3.8) is 0 Å². The Bertz CT molecular complexity index is 1080. The lowest BCUT2D eigenvalue weighted by Gasteiger charge is -2.01. The first-order chi connectivity index (χ1) is 12.7. The van der Waals surface area contributed by atoms with Crippen molar-refractivity contribution in [2.24, 2.45) is 0 Å². The lowest BCUT2D eigenvalue weighted by atomic mass is 10.2. The Morgan fingerprint density at radius 1 is 1.41 bits per heavy atom. The second kappa shape index (κ2) is 6.62. The molecule has 1 saturated heterocycles. The number of epoxide rings is 1. The molecule has 0 amide bonds. The van der Waals surface area contributed by atoms with Crippen LogP contribution in [-0.4, -0.2) is 35.8 Å². The number of hydrogen-bond acceptors (Lipinski definition) is 8. The molecule has 8 nitrogen and oxygen atoms in total. The second-order valence-electron chi connectivity index (χ2n) is 6.37. The van der Waals surface area contributed by atoms with E-state index in [4.69, 9.17) is 20.9 Å². The maximum Gasteiger partial charge on any atom is 0.177 e. The van der Waals surface area contributed by atoms with E-state index >= 15 is 0 Å². The Morgan fingerprint density at radius 3 is 2.81 bits per heavy atom. The number of aryl methyl sites for hydroxylation is 2. The number of nitrogens with zero attached hydrogens (tertiary/aromatic N) is 3. The van der Waals surface area contributed by atoms with Crippen molar-refractivity contribution in [2.45, 2.75) is 37.6 Å². The fraction of sp³-hybridized carbons (Fsp3) is 0.375. The molecule has 0 aliphatic carbocycles. The van der Waals surface area contributed by atoms with Crippen LogP contribution in [0.4, 0.5) is 5.82 Å². The summed E-state index contributed by atoms with van der Waals surface area (Å²) in [4.78, 5) is 0.840. The van der Waals surface area contributed by atoms with Gasteiger partial charge in [-0.25, -0.2) is 8.42 Å². The molecule has 3 aromatic heterocycles. The minimum absolute atomic E-state index is 0.141. The maximum absolute atomic E-state index is 11.7. The van der Waals surface area contributed by atoms with E-state index in [2.05, 4.69) is 15.6 Å². The van der Waals surface area contributed by atoms with E-state index in [9.17, 15) is 8.42 Å². The van der Waals surface area contributed by atoms with Gasteiger partial charge in [0, 0.05) is 29.5 Å². The van der Waals surface area contributed by atoms with E-state index in [1.165, 1.54) is 11.3 Å². The molecule has 1 fully saturated rings. The van der Waals surface area contributed by atoms with Gasteiger partial charge in [-0.2, -0.15) is 5.10 Å². The minimum atomic E-state index is -3.35. The monoisotopic (exact) mass is 428 g/mol. The third kappa shape index (κ3) is 3.62. The van der Waals surface area contributed by atoms with Gasteiger partial charge in [-0.15, -0.1) is 11.3 Å². The zero-order valence-electron chi connectivity index (χ0n) is 14.8. The summed E-state index contributed by atoms with van der Waals surface area (Å²) >= 11 is 7.49. The smallest absolute Gasteiger partial charge is 0.177 e. The molecule has 1 aliphatic heterocycles. The van der Waals surface area contributed by atoms with E-state index < -0.39 is 9.84 Å². The summed E-state index contributed by atoms with van der Waals surface area (Å²) in [5.74, 6) is 1.43. The number of ether oxygens (including phenoxy) is 1. The SMILES string of the molecule is Cc1noc(C)c1Cn1ccc(NC2OC2c2scc(S(C)(=O)=O)c2Cl)n1. The number of aromatic nitrogens is 3. The third-order valence-corrected chi connectivity index (χ3v) is 7.25. The summed E-state index contributed by atoms with van der Waals surface area (Å²) in [5.41, 5.74) is 1.85. The van der Waals surface area contributed by atoms with Crippen LogP contribution in [0.15, 0.2) is 27.1 Å². The van der Waals surface area contributed by atoms with Gasteiger partial charge >= 0.3 is 0 Å². The molecule has 3 aromatic rings. The Kier molecular flexibility index (Phi) is 4.53. The van der Waals surface area contributed by atoms with Crippen molar-refractivity contribution >= 4 is 38.6 Å². The molecule has 0 aromatic carbocycles. The van der Waals surface area contributed by atoms with E-state index in [1.807, 2.05) is 26.1 Å². The largest absolute Gasteiger partial charge is 0.361 e. The van der Waals surface area contributed by atoms with Crippen LogP contribution in [0.5, 0.6) is 0 Å². The Hall–Kier alpha value is -1.88. The van der Waals surface area contributed by atoms with Gasteiger partial charge in [0.2, 0.25) is 0 Å². The van der Waals surface area contributed by atoms with Gasteiger partial charge in [0.05, 0.1) is 27.0 Å². The highest BCUT2D eigenvalue weighted by Crippen LogP contribution is 2.47. The molecule has 0 spiro atoms. The van der Waals surface area contributed by atoms with Crippen LogP contribution in [0.3, 0.4) is 0 Å². The average molecular weight is 429 g/mol. The van der Waals surface area contributed by atoms with E-state index in [-0.39, 0.29) is 22.2 Å². The first kappa shape index (κ1) is 18.5. The average Bonchev–Trinajstić information content (AvgIpc) is 2.90. The normalized spacial score (nSPS) is 19.4. The number of anilines is 1. The number of nitrogens with one attached hydrogen (secondary N) is 1. The van der Waals surface area contributed by atoms with Crippen LogP contribution in [0, 0.1) is 13.8 Å². The zero-order valence-corrected chi connectivity index (χ0v) is 17.2. The molecule has 0 saturated carbocycles. The first-order valence-electron chi connectivity index (χ1n) is 8.08. The Morgan fingerprint density at radius 2 is 2.19 bits per heavy atom. The molecule has 2 atom stereocenters. The van der Waals surface area contributed by atoms with Crippen LogP contribution < -0.4 is 5.32 Å². The maximum atomic E-state index is 11.7. The number of thiophene rings is 1. The molecule has 144 valence electrons. The molecule has 1 aliphatic rings.